The van der Waals surface area contributed by atoms with Gasteiger partial charge in [0, 0.05) is 24.5 Å². The molecule has 1 aromatic heterocycles. The Bertz CT molecular complexity index is 1560. The largest absolute Gasteiger partial charge is 0.323 e. The van der Waals surface area contributed by atoms with Gasteiger partial charge in [0.25, 0.3) is 0 Å². The van der Waals surface area contributed by atoms with E-state index in [1.165, 1.54) is 11.1 Å². The quantitative estimate of drug-likeness (QED) is 0.214. The van der Waals surface area contributed by atoms with Gasteiger partial charge in [-0.05, 0) is 60.4 Å². The molecule has 0 unspecified atom stereocenters. The lowest BCUT2D eigenvalue weighted by atomic mass is 10.1. The van der Waals surface area contributed by atoms with E-state index in [4.69, 9.17) is 15.0 Å². The van der Waals surface area contributed by atoms with Crippen molar-refractivity contribution in [2.45, 2.75) is 24.9 Å². The number of nitrogens with zero attached hydrogens (tertiary/aromatic N) is 5. The Labute approximate surface area is 247 Å². The highest BCUT2D eigenvalue weighted by Gasteiger charge is 2.31. The maximum absolute atomic E-state index is 5.25. The predicted octanol–water partition coefficient (Wildman–Crippen LogP) is 6.84. The summed E-state index contributed by atoms with van der Waals surface area (Å²) >= 11 is 0. The van der Waals surface area contributed by atoms with Gasteiger partial charge in [0.2, 0.25) is 0 Å². The fourth-order valence-electron chi connectivity index (χ4n) is 5.92. The van der Waals surface area contributed by atoms with Crippen LogP contribution in [0.2, 0.25) is 0 Å². The van der Waals surface area contributed by atoms with Crippen molar-refractivity contribution in [3.8, 4) is 0 Å². The summed E-state index contributed by atoms with van der Waals surface area (Å²) in [6, 6.07) is 48.8. The highest BCUT2D eigenvalue weighted by Crippen LogP contribution is 2.27. The average molecular weight is 548 g/mol. The SMILES string of the molecule is c1ccc(C[C@H]2CN(c3ccccc3)C(c3cccc(C4=N[C@@H](Cc5ccccc5)CN4c4ccccc4)n3)=N2)cc1. The number of benzene rings is 4. The second-order valence-corrected chi connectivity index (χ2v) is 10.9. The van der Waals surface area contributed by atoms with Crippen molar-refractivity contribution in [3.63, 3.8) is 0 Å². The maximum atomic E-state index is 5.25. The van der Waals surface area contributed by atoms with Crippen LogP contribution in [0.25, 0.3) is 0 Å². The van der Waals surface area contributed by atoms with E-state index in [0.717, 1.165) is 60.4 Å². The van der Waals surface area contributed by atoms with Gasteiger partial charge in [-0.1, -0.05) is 103 Å². The third-order valence-corrected chi connectivity index (χ3v) is 7.88. The molecule has 0 saturated carbocycles. The van der Waals surface area contributed by atoms with Crippen LogP contribution in [0, 0.1) is 0 Å². The molecule has 0 amide bonds. The Hall–Kier alpha value is -5.03. The molecule has 0 N–H and O–H groups in total. The molecule has 0 spiro atoms. The molecule has 2 aliphatic heterocycles. The molecule has 206 valence electrons. The molecule has 0 fully saturated rings. The van der Waals surface area contributed by atoms with Crippen molar-refractivity contribution in [2.24, 2.45) is 9.98 Å². The average Bonchev–Trinajstić information content (AvgIpc) is 3.68. The molecule has 7 rings (SSSR count). The number of anilines is 2. The Morgan fingerprint density at radius 1 is 0.452 bits per heavy atom. The number of aliphatic imine (C=N–C) groups is 2. The summed E-state index contributed by atoms with van der Waals surface area (Å²) in [6.45, 7) is 1.63. The third-order valence-electron chi connectivity index (χ3n) is 7.88. The molecular weight excluding hydrogens is 514 g/mol. The number of aromatic nitrogens is 1. The van der Waals surface area contributed by atoms with Gasteiger partial charge in [-0.25, -0.2) is 4.98 Å². The summed E-state index contributed by atoms with van der Waals surface area (Å²) in [5.41, 5.74) is 6.59. The number of rotatable bonds is 8. The van der Waals surface area contributed by atoms with Crippen LogP contribution in [0.4, 0.5) is 11.4 Å². The van der Waals surface area contributed by atoms with Crippen molar-refractivity contribution >= 4 is 23.0 Å². The summed E-state index contributed by atoms with van der Waals surface area (Å²) in [4.78, 5) is 20.4. The molecule has 2 atom stereocenters. The van der Waals surface area contributed by atoms with Crippen molar-refractivity contribution in [1.82, 2.24) is 4.98 Å². The maximum Gasteiger partial charge on any atom is 0.154 e. The number of pyridine rings is 1. The monoisotopic (exact) mass is 547 g/mol. The van der Waals surface area contributed by atoms with Crippen LogP contribution >= 0.6 is 0 Å². The van der Waals surface area contributed by atoms with Crippen LogP contribution in [0.1, 0.15) is 22.5 Å². The highest BCUT2D eigenvalue weighted by molar-refractivity contribution is 6.13. The van der Waals surface area contributed by atoms with Crippen LogP contribution in [-0.4, -0.2) is 41.8 Å². The van der Waals surface area contributed by atoms with Crippen molar-refractivity contribution in [3.05, 3.63) is 162 Å². The van der Waals surface area contributed by atoms with Crippen LogP contribution < -0.4 is 9.80 Å². The second-order valence-electron chi connectivity index (χ2n) is 10.9. The first-order chi connectivity index (χ1) is 20.8. The van der Waals surface area contributed by atoms with E-state index in [1.807, 2.05) is 0 Å². The normalized spacial score (nSPS) is 18.2. The zero-order valence-electron chi connectivity index (χ0n) is 23.5. The summed E-state index contributed by atoms with van der Waals surface area (Å²) in [5.74, 6) is 1.82. The number of hydrogen-bond donors (Lipinski definition) is 0. The van der Waals surface area contributed by atoms with Crippen LogP contribution in [0.15, 0.2) is 150 Å². The fourth-order valence-corrected chi connectivity index (χ4v) is 5.92. The molecule has 0 bridgehead atoms. The van der Waals surface area contributed by atoms with Gasteiger partial charge in [-0.15, -0.1) is 0 Å². The van der Waals surface area contributed by atoms with Gasteiger partial charge in [0.1, 0.15) is 11.4 Å². The van der Waals surface area contributed by atoms with Crippen LogP contribution in [0.5, 0.6) is 0 Å². The molecule has 0 saturated heterocycles. The molecule has 5 aromatic rings. The van der Waals surface area contributed by atoms with Gasteiger partial charge < -0.3 is 9.80 Å². The molecule has 5 heteroatoms. The van der Waals surface area contributed by atoms with Gasteiger partial charge >= 0.3 is 0 Å². The van der Waals surface area contributed by atoms with Crippen LogP contribution in [-0.2, 0) is 12.8 Å². The van der Waals surface area contributed by atoms with E-state index in [0.29, 0.717) is 0 Å². The zero-order valence-corrected chi connectivity index (χ0v) is 23.5. The molecular formula is C37H33N5. The van der Waals surface area contributed by atoms with Crippen molar-refractivity contribution in [2.75, 3.05) is 22.9 Å². The molecule has 0 radical (unpaired) electrons. The fraction of sp³-hybridized carbons (Fsp3) is 0.162. The standard InChI is InChI=1S/C37H33N5/c1-5-14-28(15-6-1)24-30-26-41(32-18-9-3-10-19-32)36(38-30)34-22-13-23-35(40-34)37-39-31(25-29-16-7-2-8-17-29)27-42(37)33-20-11-4-12-21-33/h1-23,30-31H,24-27H2/t30-,31-/m0/s1. The molecule has 0 aliphatic carbocycles. The first kappa shape index (κ1) is 25.9. The summed E-state index contributed by atoms with van der Waals surface area (Å²) < 4.78 is 0. The van der Waals surface area contributed by atoms with Crippen molar-refractivity contribution in [1.29, 1.82) is 0 Å². The lowest BCUT2D eigenvalue weighted by Crippen LogP contribution is -2.32. The van der Waals surface area contributed by atoms with E-state index in [1.54, 1.807) is 0 Å². The van der Waals surface area contributed by atoms with E-state index < -0.39 is 0 Å². The minimum atomic E-state index is 0.146. The van der Waals surface area contributed by atoms with Gasteiger partial charge in [-0.2, -0.15) is 0 Å². The molecule has 5 nitrogen and oxygen atoms in total. The van der Waals surface area contributed by atoms with E-state index in [2.05, 4.69) is 149 Å². The van der Waals surface area contributed by atoms with E-state index in [9.17, 15) is 0 Å². The molecule has 42 heavy (non-hydrogen) atoms. The van der Waals surface area contributed by atoms with Gasteiger partial charge in [0.15, 0.2) is 11.7 Å². The third kappa shape index (κ3) is 5.59. The zero-order chi connectivity index (χ0) is 28.1. The minimum absolute atomic E-state index is 0.146. The lowest BCUT2D eigenvalue weighted by Gasteiger charge is -2.23. The second kappa shape index (κ2) is 11.8. The van der Waals surface area contributed by atoms with Crippen LogP contribution in [0.3, 0.4) is 0 Å². The molecule has 2 aliphatic rings. The minimum Gasteiger partial charge on any atom is -0.323 e. The topological polar surface area (TPSA) is 44.1 Å². The first-order valence-electron chi connectivity index (χ1n) is 14.7. The smallest absolute Gasteiger partial charge is 0.154 e. The van der Waals surface area contributed by atoms with Gasteiger partial charge in [0.05, 0.1) is 12.1 Å². The number of para-hydroxylation sites is 2. The predicted molar refractivity (Wildman–Crippen MR) is 173 cm³/mol. The first-order valence-corrected chi connectivity index (χ1v) is 14.7. The highest BCUT2D eigenvalue weighted by atomic mass is 15.3. The number of hydrogen-bond acceptors (Lipinski definition) is 5. The van der Waals surface area contributed by atoms with E-state index >= 15 is 0 Å². The van der Waals surface area contributed by atoms with Crippen molar-refractivity contribution < 1.29 is 0 Å². The van der Waals surface area contributed by atoms with Gasteiger partial charge in [-0.3, -0.25) is 9.98 Å². The van der Waals surface area contributed by atoms with E-state index in [-0.39, 0.29) is 12.1 Å². The Morgan fingerprint density at radius 2 is 0.833 bits per heavy atom. The number of amidine groups is 2. The Morgan fingerprint density at radius 3 is 1.24 bits per heavy atom. The summed E-state index contributed by atoms with van der Waals surface area (Å²) in [7, 11) is 0. The molecule has 4 aromatic carbocycles. The lowest BCUT2D eigenvalue weighted by molar-refractivity contribution is 0.713. The Balaban J connectivity index is 1.24. The summed E-state index contributed by atoms with van der Waals surface area (Å²) in [6.07, 6.45) is 1.78. The summed E-state index contributed by atoms with van der Waals surface area (Å²) in [5, 5.41) is 0. The molecule has 3 heterocycles. The Kier molecular flexibility index (Phi) is 7.30.